The van der Waals surface area contributed by atoms with Crippen LogP contribution in [0.4, 0.5) is 23.5 Å². The Bertz CT molecular complexity index is 1020. The lowest BCUT2D eigenvalue weighted by Crippen LogP contribution is -2.33. The van der Waals surface area contributed by atoms with Crippen molar-refractivity contribution >= 4 is 29.4 Å². The van der Waals surface area contributed by atoms with E-state index in [1.165, 1.54) is 12.2 Å². The number of amides is 1. The van der Waals surface area contributed by atoms with Crippen LogP contribution in [0.1, 0.15) is 43.1 Å². The first-order valence-corrected chi connectivity index (χ1v) is 12.1. The average Bonchev–Trinajstić information content (AvgIpc) is 3.02. The van der Waals surface area contributed by atoms with E-state index in [9.17, 15) is 4.79 Å². The molecule has 0 bridgehead atoms. The normalized spacial score (nSPS) is 15.0. The lowest BCUT2D eigenvalue weighted by atomic mass is 9.96. The van der Waals surface area contributed by atoms with Gasteiger partial charge in [0.25, 0.3) is 5.91 Å². The first-order valence-electron chi connectivity index (χ1n) is 12.1. The number of carbonyl (C=O) groups is 1. The van der Waals surface area contributed by atoms with Crippen LogP contribution in [0.3, 0.4) is 0 Å². The largest absolute Gasteiger partial charge is 0.343 e. The molecule has 0 aliphatic carbocycles. The second-order valence-corrected chi connectivity index (χ2v) is 10.5. The number of carbonyl (C=O) groups excluding carboxylic acids is 1. The minimum absolute atomic E-state index is 0.0824. The van der Waals surface area contributed by atoms with Crippen LogP contribution in [0.15, 0.2) is 18.2 Å². The molecule has 35 heavy (non-hydrogen) atoms. The molecule has 0 spiro atoms. The van der Waals surface area contributed by atoms with Crippen molar-refractivity contribution in [3.8, 4) is 0 Å². The van der Waals surface area contributed by atoms with E-state index >= 15 is 0 Å². The number of hydroxylamine groups is 2. The van der Waals surface area contributed by atoms with Gasteiger partial charge in [0.05, 0.1) is 7.11 Å². The zero-order chi connectivity index (χ0) is 25.8. The SMILES string of the molecule is CON(C)C(=O)c1ccc(C)c(Nc2nc(N(C)CC(C)(C)C)nc(N3CCCN(C)CC3)n2)c1. The van der Waals surface area contributed by atoms with E-state index in [0.29, 0.717) is 23.4 Å². The van der Waals surface area contributed by atoms with Crippen molar-refractivity contribution in [2.45, 2.75) is 34.1 Å². The van der Waals surface area contributed by atoms with E-state index in [0.717, 1.165) is 50.4 Å². The molecule has 0 atom stereocenters. The van der Waals surface area contributed by atoms with Crippen LogP contribution in [0.25, 0.3) is 0 Å². The predicted molar refractivity (Wildman–Crippen MR) is 140 cm³/mol. The van der Waals surface area contributed by atoms with Gasteiger partial charge >= 0.3 is 0 Å². The summed E-state index contributed by atoms with van der Waals surface area (Å²) >= 11 is 0. The van der Waals surface area contributed by atoms with Crippen molar-refractivity contribution < 1.29 is 9.63 Å². The molecule has 0 unspecified atom stereocenters. The Labute approximate surface area is 209 Å². The highest BCUT2D eigenvalue weighted by molar-refractivity contribution is 5.94. The smallest absolute Gasteiger partial charge is 0.277 e. The molecule has 1 N–H and O–H groups in total. The summed E-state index contributed by atoms with van der Waals surface area (Å²) in [6.07, 6.45) is 1.05. The third-order valence-electron chi connectivity index (χ3n) is 5.96. The molecule has 0 radical (unpaired) electrons. The monoisotopic (exact) mass is 484 g/mol. The van der Waals surface area contributed by atoms with Crippen LogP contribution >= 0.6 is 0 Å². The highest BCUT2D eigenvalue weighted by Crippen LogP contribution is 2.25. The number of hydrogen-bond acceptors (Lipinski definition) is 9. The van der Waals surface area contributed by atoms with E-state index in [1.807, 2.05) is 20.0 Å². The lowest BCUT2D eigenvalue weighted by Gasteiger charge is -2.28. The molecular formula is C25H40N8O2. The summed E-state index contributed by atoms with van der Waals surface area (Å²) in [4.78, 5) is 38.7. The predicted octanol–water partition coefficient (Wildman–Crippen LogP) is 3.18. The summed E-state index contributed by atoms with van der Waals surface area (Å²) in [5.41, 5.74) is 2.33. The molecule has 10 nitrogen and oxygen atoms in total. The molecule has 0 saturated carbocycles. The topological polar surface area (TPSA) is 90.0 Å². The summed E-state index contributed by atoms with van der Waals surface area (Å²) in [7, 11) is 7.21. The van der Waals surface area contributed by atoms with Gasteiger partial charge in [-0.1, -0.05) is 26.8 Å². The summed E-state index contributed by atoms with van der Waals surface area (Å²) < 4.78 is 0. The number of nitrogens with one attached hydrogen (secondary N) is 1. The number of aromatic nitrogens is 3. The van der Waals surface area contributed by atoms with Crippen LogP contribution in [0.2, 0.25) is 0 Å². The van der Waals surface area contributed by atoms with Crippen LogP contribution in [0.5, 0.6) is 0 Å². The fourth-order valence-electron chi connectivity index (χ4n) is 4.03. The molecule has 192 valence electrons. The zero-order valence-corrected chi connectivity index (χ0v) is 22.4. The fourth-order valence-corrected chi connectivity index (χ4v) is 4.03. The van der Waals surface area contributed by atoms with Crippen LogP contribution in [0, 0.1) is 12.3 Å². The van der Waals surface area contributed by atoms with Crippen molar-refractivity contribution in [2.24, 2.45) is 5.41 Å². The summed E-state index contributed by atoms with van der Waals surface area (Å²) in [6, 6.07) is 5.49. The molecule has 1 aliphatic rings. The van der Waals surface area contributed by atoms with E-state index in [2.05, 4.69) is 47.8 Å². The van der Waals surface area contributed by atoms with Gasteiger partial charge < -0.3 is 20.0 Å². The first-order chi connectivity index (χ1) is 16.5. The van der Waals surface area contributed by atoms with Crippen LogP contribution in [-0.4, -0.2) is 91.8 Å². The second-order valence-electron chi connectivity index (χ2n) is 10.5. The van der Waals surface area contributed by atoms with Gasteiger partial charge in [0, 0.05) is 51.5 Å². The number of hydrogen-bond donors (Lipinski definition) is 1. The molecule has 1 saturated heterocycles. The molecule has 1 aromatic heterocycles. The van der Waals surface area contributed by atoms with Crippen molar-refractivity contribution in [3.63, 3.8) is 0 Å². The van der Waals surface area contributed by atoms with E-state index < -0.39 is 0 Å². The van der Waals surface area contributed by atoms with E-state index in [-0.39, 0.29) is 11.3 Å². The molecule has 2 aromatic rings. The van der Waals surface area contributed by atoms with Crippen molar-refractivity contribution in [1.82, 2.24) is 24.9 Å². The zero-order valence-electron chi connectivity index (χ0n) is 22.4. The number of anilines is 4. The quantitative estimate of drug-likeness (QED) is 0.595. The maximum absolute atomic E-state index is 12.6. The number of nitrogens with zero attached hydrogens (tertiary/aromatic N) is 7. The minimum atomic E-state index is -0.230. The average molecular weight is 485 g/mol. The van der Waals surface area contributed by atoms with E-state index in [1.54, 1.807) is 19.2 Å². The second kappa shape index (κ2) is 11.2. The Kier molecular flexibility index (Phi) is 8.50. The molecule has 3 rings (SSSR count). The summed E-state index contributed by atoms with van der Waals surface area (Å²) in [5.74, 6) is 1.51. The summed E-state index contributed by atoms with van der Waals surface area (Å²) in [5, 5.41) is 4.55. The number of likely N-dealkylation sites (N-methyl/N-ethyl adjacent to an activating group) is 1. The Hall–Kier alpha value is -2.98. The number of aryl methyl sites for hydroxylation is 1. The number of rotatable bonds is 7. The Balaban J connectivity index is 1.97. The molecule has 1 amide bonds. The van der Waals surface area contributed by atoms with Crippen LogP contribution in [-0.2, 0) is 4.84 Å². The Morgan fingerprint density at radius 1 is 1.11 bits per heavy atom. The third kappa shape index (κ3) is 7.25. The molecule has 10 heteroatoms. The minimum Gasteiger partial charge on any atom is -0.343 e. The van der Waals surface area contributed by atoms with Crippen molar-refractivity contribution in [2.75, 3.05) is 76.1 Å². The maximum atomic E-state index is 12.6. The maximum Gasteiger partial charge on any atom is 0.277 e. The first kappa shape index (κ1) is 26.6. The Morgan fingerprint density at radius 3 is 2.54 bits per heavy atom. The van der Waals surface area contributed by atoms with Gasteiger partial charge in [0.1, 0.15) is 0 Å². The fraction of sp³-hybridized carbons (Fsp3) is 0.600. The van der Waals surface area contributed by atoms with Gasteiger partial charge in [-0.3, -0.25) is 9.63 Å². The van der Waals surface area contributed by atoms with Crippen molar-refractivity contribution in [1.29, 1.82) is 0 Å². The van der Waals surface area contributed by atoms with Gasteiger partial charge in [-0.15, -0.1) is 0 Å². The highest BCUT2D eigenvalue weighted by Gasteiger charge is 2.21. The van der Waals surface area contributed by atoms with Gasteiger partial charge in [-0.25, -0.2) is 5.06 Å². The molecule has 1 fully saturated rings. The summed E-state index contributed by atoms with van der Waals surface area (Å²) in [6.45, 7) is 13.1. The van der Waals surface area contributed by atoms with Gasteiger partial charge in [0.2, 0.25) is 17.8 Å². The van der Waals surface area contributed by atoms with Gasteiger partial charge in [-0.2, -0.15) is 15.0 Å². The van der Waals surface area contributed by atoms with Gasteiger partial charge in [-0.05, 0) is 50.0 Å². The molecule has 1 aromatic carbocycles. The molecular weight excluding hydrogens is 444 g/mol. The van der Waals surface area contributed by atoms with Crippen LogP contribution < -0.4 is 15.1 Å². The van der Waals surface area contributed by atoms with Gasteiger partial charge in [0.15, 0.2) is 0 Å². The molecule has 2 heterocycles. The third-order valence-corrected chi connectivity index (χ3v) is 5.96. The Morgan fingerprint density at radius 2 is 1.86 bits per heavy atom. The number of benzene rings is 1. The van der Waals surface area contributed by atoms with E-state index in [4.69, 9.17) is 19.8 Å². The highest BCUT2D eigenvalue weighted by atomic mass is 16.7. The lowest BCUT2D eigenvalue weighted by molar-refractivity contribution is -0.0756. The molecule has 1 aliphatic heterocycles. The van der Waals surface area contributed by atoms with Crippen molar-refractivity contribution in [3.05, 3.63) is 29.3 Å². The standard InChI is InChI=1S/C25H40N8O2/c1-18-10-11-19(21(34)32(7)35-8)16-20(18)26-22-27-23(31(6)17-25(2,3)4)29-24(28-22)33-13-9-12-30(5)14-15-33/h10-11,16H,9,12-15,17H2,1-8H3,(H,26,27,28,29).